The number of para-hydroxylation sites is 2. The van der Waals surface area contributed by atoms with E-state index >= 15 is 0 Å². The van der Waals surface area contributed by atoms with E-state index in [1.54, 1.807) is 0 Å². The molecule has 0 unspecified atom stereocenters. The monoisotopic (exact) mass is 586 g/mol. The Morgan fingerprint density at radius 1 is 0.326 bits per heavy atom. The molecule has 8 aromatic carbocycles. The molecule has 0 radical (unpaired) electrons. The van der Waals surface area contributed by atoms with Crippen molar-refractivity contribution in [1.29, 1.82) is 0 Å². The fraction of sp³-hybridized carbons (Fsp3) is 0. The number of rotatable bonds is 3. The third-order valence-electron chi connectivity index (χ3n) is 9.44. The first-order chi connectivity index (χ1) is 22.8. The zero-order valence-corrected chi connectivity index (χ0v) is 24.8. The van der Waals surface area contributed by atoms with Crippen molar-refractivity contribution < 1.29 is 8.83 Å². The van der Waals surface area contributed by atoms with Crippen molar-refractivity contribution >= 4 is 65.2 Å². The molecular weight excluding hydrogens is 560 g/mol. The normalized spacial score (nSPS) is 11.9. The molecule has 0 saturated carbocycles. The van der Waals surface area contributed by atoms with Crippen molar-refractivity contribution in [2.24, 2.45) is 0 Å². The summed E-state index contributed by atoms with van der Waals surface area (Å²) >= 11 is 0. The minimum atomic E-state index is 0.804. The van der Waals surface area contributed by atoms with E-state index in [1.807, 2.05) is 12.1 Å². The molecule has 0 fully saturated rings. The molecule has 0 spiro atoms. The lowest BCUT2D eigenvalue weighted by Crippen LogP contribution is -1.90. The zero-order chi connectivity index (χ0) is 30.2. The Morgan fingerprint density at radius 3 is 1.61 bits per heavy atom. The molecule has 10 aromatic rings. The van der Waals surface area contributed by atoms with Gasteiger partial charge in [0.1, 0.15) is 22.5 Å². The predicted molar refractivity (Wildman–Crippen MR) is 192 cm³/mol. The lowest BCUT2D eigenvalue weighted by atomic mass is 9.85. The molecule has 214 valence electrons. The summed E-state index contributed by atoms with van der Waals surface area (Å²) in [6, 6.07) is 56.2. The molecule has 0 aliphatic carbocycles. The summed E-state index contributed by atoms with van der Waals surface area (Å²) in [4.78, 5) is 0. The van der Waals surface area contributed by atoms with Gasteiger partial charge in [-0.25, -0.2) is 0 Å². The van der Waals surface area contributed by atoms with Crippen LogP contribution in [-0.4, -0.2) is 0 Å². The Morgan fingerprint density at radius 2 is 0.891 bits per heavy atom. The zero-order valence-electron chi connectivity index (χ0n) is 24.8. The van der Waals surface area contributed by atoms with Crippen molar-refractivity contribution in [2.45, 2.75) is 0 Å². The summed E-state index contributed by atoms with van der Waals surface area (Å²) in [7, 11) is 0. The quantitative estimate of drug-likeness (QED) is 0.193. The van der Waals surface area contributed by atoms with E-state index in [-0.39, 0.29) is 0 Å². The molecule has 0 N–H and O–H groups in total. The van der Waals surface area contributed by atoms with Crippen LogP contribution in [0.4, 0.5) is 0 Å². The molecule has 0 aliphatic heterocycles. The number of fused-ring (bicyclic) bond motifs is 7. The summed E-state index contributed by atoms with van der Waals surface area (Å²) in [6.07, 6.45) is 0. The SMILES string of the molecule is c1ccc2cc(-c3c4ccccc4c(-c4ccc5oc(-c6cccc7c6oc6ccccc67)cc5c4)c4ccccc34)ccc2c1. The second-order valence-corrected chi connectivity index (χ2v) is 12.0. The topological polar surface area (TPSA) is 26.3 Å². The molecule has 2 nitrogen and oxygen atoms in total. The maximum atomic E-state index is 6.48. The van der Waals surface area contributed by atoms with Crippen LogP contribution in [0.25, 0.3) is 98.8 Å². The van der Waals surface area contributed by atoms with Gasteiger partial charge in [0.15, 0.2) is 0 Å². The third kappa shape index (κ3) is 3.71. The van der Waals surface area contributed by atoms with Gasteiger partial charge in [0, 0.05) is 16.2 Å². The molecule has 0 saturated heterocycles. The van der Waals surface area contributed by atoms with Crippen LogP contribution in [0.5, 0.6) is 0 Å². The number of hydrogen-bond donors (Lipinski definition) is 0. The van der Waals surface area contributed by atoms with E-state index in [0.717, 1.165) is 44.2 Å². The molecule has 10 rings (SSSR count). The smallest absolute Gasteiger partial charge is 0.146 e. The van der Waals surface area contributed by atoms with Crippen LogP contribution in [-0.2, 0) is 0 Å². The van der Waals surface area contributed by atoms with Crippen molar-refractivity contribution in [3.63, 3.8) is 0 Å². The molecule has 2 heteroatoms. The third-order valence-corrected chi connectivity index (χ3v) is 9.44. The fourth-order valence-corrected chi connectivity index (χ4v) is 7.37. The van der Waals surface area contributed by atoms with E-state index in [9.17, 15) is 0 Å². The average Bonchev–Trinajstić information content (AvgIpc) is 3.71. The van der Waals surface area contributed by atoms with Gasteiger partial charge >= 0.3 is 0 Å². The van der Waals surface area contributed by atoms with E-state index in [0.29, 0.717) is 0 Å². The molecule has 0 atom stereocenters. The second-order valence-electron chi connectivity index (χ2n) is 12.0. The van der Waals surface area contributed by atoms with Gasteiger partial charge in [-0.3, -0.25) is 0 Å². The highest BCUT2D eigenvalue weighted by molar-refractivity contribution is 6.22. The second kappa shape index (κ2) is 9.69. The van der Waals surface area contributed by atoms with Gasteiger partial charge < -0.3 is 8.83 Å². The van der Waals surface area contributed by atoms with Crippen LogP contribution in [0.3, 0.4) is 0 Å². The van der Waals surface area contributed by atoms with Gasteiger partial charge in [-0.05, 0) is 91.0 Å². The number of benzene rings is 8. The van der Waals surface area contributed by atoms with E-state index in [2.05, 4.69) is 146 Å². The van der Waals surface area contributed by atoms with Gasteiger partial charge in [-0.2, -0.15) is 0 Å². The van der Waals surface area contributed by atoms with Crippen LogP contribution in [0.2, 0.25) is 0 Å². The maximum absolute atomic E-state index is 6.48. The standard InChI is InChI=1S/C44H26O2/c1-2-11-28-24-29(21-20-27(28)10-1)42-33-13-3-5-15-35(33)43(36-16-6-4-14-34(36)42)30-22-23-39-31(25-30)26-41(45-39)38-18-9-17-37-32-12-7-8-19-40(32)46-44(37)38/h1-26H. The van der Waals surface area contributed by atoms with Gasteiger partial charge in [0.25, 0.3) is 0 Å². The summed E-state index contributed by atoms with van der Waals surface area (Å²) in [5.74, 6) is 0.804. The Labute approximate surface area is 264 Å². The van der Waals surface area contributed by atoms with Crippen LogP contribution < -0.4 is 0 Å². The van der Waals surface area contributed by atoms with Crippen LogP contribution in [0.1, 0.15) is 0 Å². The average molecular weight is 587 g/mol. The van der Waals surface area contributed by atoms with Gasteiger partial charge in [0.05, 0.1) is 5.56 Å². The first kappa shape index (κ1) is 25.2. The minimum absolute atomic E-state index is 0.804. The summed E-state index contributed by atoms with van der Waals surface area (Å²) in [5.41, 5.74) is 8.45. The number of hydrogen-bond acceptors (Lipinski definition) is 2. The predicted octanol–water partition coefficient (Wildman–Crippen LogP) is 12.8. The van der Waals surface area contributed by atoms with Gasteiger partial charge in [-0.15, -0.1) is 0 Å². The Hall–Kier alpha value is -6.12. The molecule has 46 heavy (non-hydrogen) atoms. The summed E-state index contributed by atoms with van der Waals surface area (Å²) < 4.78 is 12.8. The largest absolute Gasteiger partial charge is 0.456 e. The summed E-state index contributed by atoms with van der Waals surface area (Å²) in [5, 5.41) is 10.7. The maximum Gasteiger partial charge on any atom is 0.146 e. The van der Waals surface area contributed by atoms with Crippen LogP contribution in [0.15, 0.2) is 167 Å². The molecular formula is C44H26O2. The van der Waals surface area contributed by atoms with Gasteiger partial charge in [0.2, 0.25) is 0 Å². The molecule has 2 heterocycles. The molecule has 0 aliphatic rings. The van der Waals surface area contributed by atoms with Crippen molar-refractivity contribution in [3.05, 3.63) is 158 Å². The highest BCUT2D eigenvalue weighted by Gasteiger charge is 2.19. The van der Waals surface area contributed by atoms with Gasteiger partial charge in [-0.1, -0.05) is 121 Å². The molecule has 0 amide bonds. The van der Waals surface area contributed by atoms with E-state index < -0.39 is 0 Å². The molecule has 0 bridgehead atoms. The van der Waals surface area contributed by atoms with Crippen molar-refractivity contribution in [1.82, 2.24) is 0 Å². The first-order valence-electron chi connectivity index (χ1n) is 15.7. The lowest BCUT2D eigenvalue weighted by molar-refractivity contribution is 0.626. The Balaban J connectivity index is 1.19. The molecule has 2 aromatic heterocycles. The highest BCUT2D eigenvalue weighted by atomic mass is 16.3. The number of furan rings is 2. The van der Waals surface area contributed by atoms with Crippen LogP contribution >= 0.6 is 0 Å². The lowest BCUT2D eigenvalue weighted by Gasteiger charge is -2.18. The van der Waals surface area contributed by atoms with Crippen molar-refractivity contribution in [3.8, 4) is 33.6 Å². The van der Waals surface area contributed by atoms with E-state index in [4.69, 9.17) is 8.83 Å². The summed E-state index contributed by atoms with van der Waals surface area (Å²) in [6.45, 7) is 0. The minimum Gasteiger partial charge on any atom is -0.456 e. The first-order valence-corrected chi connectivity index (χ1v) is 15.7. The van der Waals surface area contributed by atoms with Crippen LogP contribution in [0, 0.1) is 0 Å². The Kier molecular flexibility index (Phi) is 5.31. The van der Waals surface area contributed by atoms with E-state index in [1.165, 1.54) is 54.6 Å². The van der Waals surface area contributed by atoms with Crippen molar-refractivity contribution in [2.75, 3.05) is 0 Å². The highest BCUT2D eigenvalue weighted by Crippen LogP contribution is 2.45. The Bertz CT molecular complexity index is 2750. The fourth-order valence-electron chi connectivity index (χ4n) is 7.37.